The van der Waals surface area contributed by atoms with E-state index in [4.69, 9.17) is 31.4 Å². The Hall–Kier alpha value is -0.280. The molecule has 51 heavy (non-hydrogen) atoms. The number of ether oxygens (including phenoxy) is 3. The van der Waals surface area contributed by atoms with Gasteiger partial charge in [0.2, 0.25) is 0 Å². The van der Waals surface area contributed by atoms with Crippen LogP contribution in [0.25, 0.3) is 0 Å². The molecule has 0 saturated heterocycles. The molecular weight excluding hydrogens is 633 g/mol. The van der Waals surface area contributed by atoms with Gasteiger partial charge < -0.3 is 36.7 Å². The first-order chi connectivity index (χ1) is 24.8. The summed E-state index contributed by atoms with van der Waals surface area (Å²) in [6.07, 6.45) is 27.6. The number of nitrogens with two attached hydrogens (primary N) is 3. The lowest BCUT2D eigenvalue weighted by Crippen LogP contribution is -2.63. The molecule has 7 N–H and O–H groups in total. The molecule has 7 heteroatoms. The lowest BCUT2D eigenvalue weighted by atomic mass is 9.43. The third-order valence-electron chi connectivity index (χ3n) is 15.0. The first-order valence-corrected chi connectivity index (χ1v) is 22.5. The van der Waals surface area contributed by atoms with E-state index in [0.717, 1.165) is 52.0 Å². The van der Waals surface area contributed by atoms with Gasteiger partial charge in [-0.15, -0.1) is 0 Å². The van der Waals surface area contributed by atoms with E-state index in [1.807, 2.05) is 0 Å². The van der Waals surface area contributed by atoms with Crippen molar-refractivity contribution in [2.75, 3.05) is 52.5 Å². The first-order valence-electron chi connectivity index (χ1n) is 22.5. The zero-order valence-corrected chi connectivity index (χ0v) is 34.2. The Morgan fingerprint density at radius 3 is 1.98 bits per heavy atom. The maximum Gasteiger partial charge on any atom is 0.0637 e. The van der Waals surface area contributed by atoms with Crippen molar-refractivity contribution in [1.82, 2.24) is 5.32 Å². The first kappa shape index (κ1) is 43.4. The predicted octanol–water partition coefficient (Wildman–Crippen LogP) is 8.60. The Morgan fingerprint density at radius 1 is 0.667 bits per heavy atom. The molecule has 0 aromatic carbocycles. The molecule has 7 nitrogen and oxygen atoms in total. The Labute approximate surface area is 315 Å². The molecule has 300 valence electrons. The van der Waals surface area contributed by atoms with E-state index in [-0.39, 0.29) is 5.41 Å². The summed E-state index contributed by atoms with van der Waals surface area (Å²) in [5.41, 5.74) is 18.3. The molecule has 0 amide bonds. The molecule has 4 saturated carbocycles. The standard InChI is InChI=1S/C44H86N4O3/c1-5-6-7-8-9-10-11-12-13-26-48-27-14-18-34(2)37-19-20-38-42-39(33-41(44(37,38)4)51-30-17-25-47)43(3)22-21-36(49-28-15-23-45)31-35(43)32-40(42)50-29-16-24-46/h34-42,48H,5-33,45-47H2,1-4H3. The van der Waals surface area contributed by atoms with Gasteiger partial charge >= 0.3 is 0 Å². The lowest BCUT2D eigenvalue weighted by Gasteiger charge is -2.65. The molecule has 11 unspecified atom stereocenters. The molecule has 0 aromatic heterocycles. The Bertz CT molecular complexity index is 925. The van der Waals surface area contributed by atoms with Crippen molar-refractivity contribution in [3.05, 3.63) is 0 Å². The van der Waals surface area contributed by atoms with Crippen LogP contribution in [0.3, 0.4) is 0 Å². The molecule has 11 atom stereocenters. The van der Waals surface area contributed by atoms with Crippen LogP contribution < -0.4 is 22.5 Å². The van der Waals surface area contributed by atoms with Crippen LogP contribution in [-0.4, -0.2) is 70.9 Å². The Kier molecular flexibility index (Phi) is 19.5. The van der Waals surface area contributed by atoms with Gasteiger partial charge in [0, 0.05) is 25.2 Å². The van der Waals surface area contributed by atoms with Gasteiger partial charge in [0.25, 0.3) is 0 Å². The fourth-order valence-corrected chi connectivity index (χ4v) is 12.0. The normalized spacial score (nSPS) is 35.4. The SMILES string of the molecule is CCCCCCCCCCCNCCCC(C)C1CCC2C3C(OCCCN)CC4CC(OCCCN)CCC4(C)C3CC(OCCCN)C12C. The average molecular weight is 719 g/mol. The molecule has 0 aliphatic heterocycles. The van der Waals surface area contributed by atoms with Gasteiger partial charge in [0.05, 0.1) is 18.3 Å². The zero-order valence-electron chi connectivity index (χ0n) is 34.2. The highest BCUT2D eigenvalue weighted by Crippen LogP contribution is 2.69. The fourth-order valence-electron chi connectivity index (χ4n) is 12.0. The van der Waals surface area contributed by atoms with Crippen molar-refractivity contribution >= 4 is 0 Å². The van der Waals surface area contributed by atoms with Gasteiger partial charge in [-0.05, 0) is 157 Å². The molecule has 4 aliphatic rings. The summed E-state index contributed by atoms with van der Waals surface area (Å²) in [7, 11) is 0. The number of unbranched alkanes of at least 4 members (excludes halogenated alkanes) is 8. The second kappa shape index (κ2) is 22.9. The van der Waals surface area contributed by atoms with E-state index in [2.05, 4.69) is 33.0 Å². The van der Waals surface area contributed by atoms with Crippen LogP contribution in [0.2, 0.25) is 0 Å². The van der Waals surface area contributed by atoms with E-state index in [0.29, 0.717) is 78.9 Å². The summed E-state index contributed by atoms with van der Waals surface area (Å²) in [5.74, 6) is 3.92. The molecule has 4 rings (SSSR count). The van der Waals surface area contributed by atoms with Crippen molar-refractivity contribution in [3.8, 4) is 0 Å². The summed E-state index contributed by atoms with van der Waals surface area (Å²) >= 11 is 0. The van der Waals surface area contributed by atoms with Crippen LogP contribution in [0, 0.1) is 46.3 Å². The van der Waals surface area contributed by atoms with Gasteiger partial charge in [-0.25, -0.2) is 0 Å². The maximum atomic E-state index is 7.05. The smallest absolute Gasteiger partial charge is 0.0637 e. The molecule has 0 heterocycles. The van der Waals surface area contributed by atoms with Crippen LogP contribution in [0.5, 0.6) is 0 Å². The van der Waals surface area contributed by atoms with Gasteiger partial charge in [0.1, 0.15) is 0 Å². The minimum Gasteiger partial charge on any atom is -0.378 e. The second-order valence-corrected chi connectivity index (χ2v) is 18.2. The van der Waals surface area contributed by atoms with Crippen molar-refractivity contribution < 1.29 is 14.2 Å². The molecule has 4 fully saturated rings. The van der Waals surface area contributed by atoms with Crippen LogP contribution in [0.1, 0.15) is 163 Å². The minimum atomic E-state index is 0.181. The number of fused-ring (bicyclic) bond motifs is 5. The third-order valence-corrected chi connectivity index (χ3v) is 15.0. The predicted molar refractivity (Wildman–Crippen MR) is 215 cm³/mol. The molecular formula is C44H86N4O3. The zero-order chi connectivity index (χ0) is 36.5. The largest absolute Gasteiger partial charge is 0.378 e. The average Bonchev–Trinajstić information content (AvgIpc) is 3.49. The molecule has 4 aliphatic carbocycles. The van der Waals surface area contributed by atoms with E-state index in [1.54, 1.807) is 0 Å². The van der Waals surface area contributed by atoms with E-state index in [1.165, 1.54) is 116 Å². The van der Waals surface area contributed by atoms with E-state index < -0.39 is 0 Å². The Balaban J connectivity index is 1.38. The number of hydrogen-bond acceptors (Lipinski definition) is 7. The maximum absolute atomic E-state index is 7.05. The highest BCUT2D eigenvalue weighted by Gasteiger charge is 2.66. The minimum absolute atomic E-state index is 0.181. The fraction of sp³-hybridized carbons (Fsp3) is 1.00. The summed E-state index contributed by atoms with van der Waals surface area (Å²) in [4.78, 5) is 0. The number of rotatable bonds is 27. The summed E-state index contributed by atoms with van der Waals surface area (Å²) in [6, 6.07) is 0. The highest BCUT2D eigenvalue weighted by molar-refractivity contribution is 5.15. The summed E-state index contributed by atoms with van der Waals surface area (Å²) in [6.45, 7) is 17.0. The van der Waals surface area contributed by atoms with Crippen LogP contribution in [0.4, 0.5) is 0 Å². The molecule has 0 radical (unpaired) electrons. The van der Waals surface area contributed by atoms with Crippen molar-refractivity contribution in [2.45, 2.75) is 181 Å². The van der Waals surface area contributed by atoms with E-state index >= 15 is 0 Å². The van der Waals surface area contributed by atoms with Crippen molar-refractivity contribution in [1.29, 1.82) is 0 Å². The van der Waals surface area contributed by atoms with Crippen molar-refractivity contribution in [3.63, 3.8) is 0 Å². The van der Waals surface area contributed by atoms with E-state index in [9.17, 15) is 0 Å². The van der Waals surface area contributed by atoms with Crippen LogP contribution in [-0.2, 0) is 14.2 Å². The van der Waals surface area contributed by atoms with Gasteiger partial charge in [-0.3, -0.25) is 0 Å². The Morgan fingerprint density at radius 2 is 1.29 bits per heavy atom. The lowest BCUT2D eigenvalue weighted by molar-refractivity contribution is -0.227. The molecule has 0 aromatic rings. The number of nitrogens with one attached hydrogen (secondary N) is 1. The monoisotopic (exact) mass is 719 g/mol. The second-order valence-electron chi connectivity index (χ2n) is 18.2. The number of hydrogen-bond donors (Lipinski definition) is 4. The van der Waals surface area contributed by atoms with Crippen LogP contribution in [0.15, 0.2) is 0 Å². The molecule has 0 spiro atoms. The molecule has 0 bridgehead atoms. The van der Waals surface area contributed by atoms with Crippen LogP contribution >= 0.6 is 0 Å². The third kappa shape index (κ3) is 11.6. The summed E-state index contributed by atoms with van der Waals surface area (Å²) in [5, 5.41) is 3.80. The quantitative estimate of drug-likeness (QED) is 0.0629. The van der Waals surface area contributed by atoms with Gasteiger partial charge in [-0.1, -0.05) is 79.1 Å². The van der Waals surface area contributed by atoms with Gasteiger partial charge in [-0.2, -0.15) is 0 Å². The van der Waals surface area contributed by atoms with Crippen molar-refractivity contribution in [2.24, 2.45) is 63.5 Å². The van der Waals surface area contributed by atoms with Gasteiger partial charge in [0.15, 0.2) is 0 Å². The topological polar surface area (TPSA) is 118 Å². The highest BCUT2D eigenvalue weighted by atomic mass is 16.5. The summed E-state index contributed by atoms with van der Waals surface area (Å²) < 4.78 is 20.4.